The van der Waals surface area contributed by atoms with Gasteiger partial charge in [-0.05, 0) is 20.8 Å². The van der Waals surface area contributed by atoms with Crippen molar-refractivity contribution < 1.29 is 4.79 Å². The SMILES string of the molecule is CC(=S)N1[C@H](C=O)CSC1(C)C. The zero-order valence-corrected chi connectivity index (χ0v) is 9.17. The van der Waals surface area contributed by atoms with Gasteiger partial charge in [0.25, 0.3) is 0 Å². The summed E-state index contributed by atoms with van der Waals surface area (Å²) in [5.41, 5.74) is 0. The zero-order valence-electron chi connectivity index (χ0n) is 7.53. The topological polar surface area (TPSA) is 20.3 Å². The van der Waals surface area contributed by atoms with Crippen LogP contribution in [0, 0.1) is 0 Å². The molecule has 68 valence electrons. The van der Waals surface area contributed by atoms with Crippen LogP contribution in [0.3, 0.4) is 0 Å². The molecule has 1 aliphatic heterocycles. The number of aldehydes is 1. The minimum absolute atomic E-state index is 0.0165. The van der Waals surface area contributed by atoms with Gasteiger partial charge in [-0.1, -0.05) is 12.2 Å². The van der Waals surface area contributed by atoms with Gasteiger partial charge >= 0.3 is 0 Å². The lowest BCUT2D eigenvalue weighted by molar-refractivity contribution is -0.110. The van der Waals surface area contributed by atoms with Crippen LogP contribution in [0.4, 0.5) is 0 Å². The predicted molar refractivity (Wildman–Crippen MR) is 56.5 cm³/mol. The third kappa shape index (κ3) is 1.64. The summed E-state index contributed by atoms with van der Waals surface area (Å²) in [4.78, 5) is 13.5. The van der Waals surface area contributed by atoms with E-state index < -0.39 is 0 Å². The molecule has 4 heteroatoms. The summed E-state index contributed by atoms with van der Waals surface area (Å²) >= 11 is 6.88. The molecular weight excluding hydrogens is 190 g/mol. The Morgan fingerprint density at radius 3 is 2.67 bits per heavy atom. The van der Waals surface area contributed by atoms with Gasteiger partial charge in [-0.25, -0.2) is 0 Å². The number of rotatable bonds is 1. The lowest BCUT2D eigenvalue weighted by atomic mass is 10.2. The second kappa shape index (κ2) is 3.34. The van der Waals surface area contributed by atoms with E-state index in [-0.39, 0.29) is 10.9 Å². The molecule has 0 N–H and O–H groups in total. The molecule has 0 aromatic heterocycles. The van der Waals surface area contributed by atoms with Crippen molar-refractivity contribution in [3.63, 3.8) is 0 Å². The average molecular weight is 203 g/mol. The number of thiocarbonyl (C=S) groups is 1. The Balaban J connectivity index is 2.87. The first-order valence-corrected chi connectivity index (χ1v) is 5.27. The standard InChI is InChI=1S/C8H13NOS2/c1-6(11)9-7(4-10)5-12-8(9,2)3/h4,7H,5H2,1-3H3/t7-/m1/s1. The molecule has 0 spiro atoms. The van der Waals surface area contributed by atoms with Crippen LogP contribution in [-0.2, 0) is 4.79 Å². The normalized spacial score (nSPS) is 27.2. The van der Waals surface area contributed by atoms with Crippen LogP contribution >= 0.6 is 24.0 Å². The average Bonchev–Trinajstić information content (AvgIpc) is 2.24. The highest BCUT2D eigenvalue weighted by molar-refractivity contribution is 8.01. The van der Waals surface area contributed by atoms with Gasteiger partial charge in [-0.2, -0.15) is 0 Å². The molecule has 2 nitrogen and oxygen atoms in total. The van der Waals surface area contributed by atoms with Crippen LogP contribution in [0.2, 0.25) is 0 Å². The summed E-state index contributed by atoms with van der Waals surface area (Å²) in [5.74, 6) is 0.852. The number of nitrogens with zero attached hydrogens (tertiary/aromatic N) is 1. The van der Waals surface area contributed by atoms with Gasteiger partial charge in [-0.3, -0.25) is 0 Å². The highest BCUT2D eigenvalue weighted by atomic mass is 32.2. The Morgan fingerprint density at radius 1 is 1.75 bits per heavy atom. The third-order valence-corrected chi connectivity index (χ3v) is 3.62. The second-order valence-corrected chi connectivity index (χ2v) is 5.56. The molecule has 0 amide bonds. The highest BCUT2D eigenvalue weighted by Gasteiger charge is 2.39. The Bertz CT molecular complexity index is 215. The Kier molecular flexibility index (Phi) is 2.78. The van der Waals surface area contributed by atoms with Crippen LogP contribution < -0.4 is 0 Å². The molecule has 1 fully saturated rings. The molecule has 0 aliphatic carbocycles. The van der Waals surface area contributed by atoms with Crippen LogP contribution in [0.15, 0.2) is 0 Å². The predicted octanol–water partition coefficient (Wildman–Crippen LogP) is 1.69. The maximum Gasteiger partial charge on any atom is 0.143 e. The fraction of sp³-hybridized carbons (Fsp3) is 0.750. The molecule has 1 aliphatic rings. The van der Waals surface area contributed by atoms with Crippen molar-refractivity contribution in [1.29, 1.82) is 0 Å². The first-order valence-electron chi connectivity index (χ1n) is 3.88. The van der Waals surface area contributed by atoms with Crippen molar-refractivity contribution in [1.82, 2.24) is 4.90 Å². The molecule has 12 heavy (non-hydrogen) atoms. The molecule has 0 bridgehead atoms. The minimum atomic E-state index is -0.0255. The van der Waals surface area contributed by atoms with Crippen molar-refractivity contribution in [2.24, 2.45) is 0 Å². The highest BCUT2D eigenvalue weighted by Crippen LogP contribution is 2.38. The maximum absolute atomic E-state index is 10.7. The van der Waals surface area contributed by atoms with E-state index in [2.05, 4.69) is 13.8 Å². The first-order chi connectivity index (χ1) is 5.49. The number of carbonyl (C=O) groups is 1. The Hall–Kier alpha value is -0.0900. The number of hydrogen-bond donors (Lipinski definition) is 0. The fourth-order valence-electron chi connectivity index (χ4n) is 1.55. The van der Waals surface area contributed by atoms with Gasteiger partial charge in [0.05, 0.1) is 15.9 Å². The largest absolute Gasteiger partial charge is 0.342 e. The summed E-state index contributed by atoms with van der Waals surface area (Å²) in [6.07, 6.45) is 0.984. The monoisotopic (exact) mass is 203 g/mol. The van der Waals surface area contributed by atoms with Crippen LogP contribution in [0.1, 0.15) is 20.8 Å². The summed E-state index contributed by atoms with van der Waals surface area (Å²) < 4.78 is 0. The van der Waals surface area contributed by atoms with Gasteiger partial charge in [0.15, 0.2) is 0 Å². The van der Waals surface area contributed by atoms with Gasteiger partial charge in [-0.15, -0.1) is 11.8 Å². The fourth-order valence-corrected chi connectivity index (χ4v) is 3.18. The van der Waals surface area contributed by atoms with E-state index in [4.69, 9.17) is 12.2 Å². The molecule has 1 heterocycles. The first kappa shape index (κ1) is 9.99. The molecule has 0 aromatic rings. The van der Waals surface area contributed by atoms with Crippen molar-refractivity contribution >= 4 is 35.3 Å². The lowest BCUT2D eigenvalue weighted by Gasteiger charge is -2.33. The van der Waals surface area contributed by atoms with E-state index in [1.807, 2.05) is 11.8 Å². The smallest absolute Gasteiger partial charge is 0.143 e. The molecule has 1 saturated heterocycles. The zero-order chi connectivity index (χ0) is 9.35. The van der Waals surface area contributed by atoms with E-state index >= 15 is 0 Å². The lowest BCUT2D eigenvalue weighted by Crippen LogP contribution is -2.45. The number of hydrogen-bond acceptors (Lipinski definition) is 3. The van der Waals surface area contributed by atoms with E-state index in [1.54, 1.807) is 11.8 Å². The van der Waals surface area contributed by atoms with Crippen LogP contribution in [0.25, 0.3) is 0 Å². The third-order valence-electron chi connectivity index (χ3n) is 2.02. The van der Waals surface area contributed by atoms with Gasteiger partial charge in [0.2, 0.25) is 0 Å². The van der Waals surface area contributed by atoms with Gasteiger partial charge < -0.3 is 9.69 Å². The molecule has 0 unspecified atom stereocenters. The van der Waals surface area contributed by atoms with Crippen molar-refractivity contribution in [3.8, 4) is 0 Å². The second-order valence-electron chi connectivity index (χ2n) is 3.35. The van der Waals surface area contributed by atoms with Crippen LogP contribution in [0.5, 0.6) is 0 Å². The number of thioether (sulfide) groups is 1. The molecule has 0 saturated carbocycles. The van der Waals surface area contributed by atoms with E-state index in [1.165, 1.54) is 0 Å². The number of carbonyl (C=O) groups excluding carboxylic acids is 1. The maximum atomic E-state index is 10.7. The van der Waals surface area contributed by atoms with Crippen molar-refractivity contribution in [2.75, 3.05) is 5.75 Å². The summed E-state index contributed by atoms with van der Waals surface area (Å²) in [6, 6.07) is -0.0255. The summed E-state index contributed by atoms with van der Waals surface area (Å²) in [5, 5.41) is 0. The van der Waals surface area contributed by atoms with Crippen molar-refractivity contribution in [3.05, 3.63) is 0 Å². The van der Waals surface area contributed by atoms with E-state index in [9.17, 15) is 4.79 Å². The Morgan fingerprint density at radius 2 is 2.33 bits per heavy atom. The summed E-state index contributed by atoms with van der Waals surface area (Å²) in [7, 11) is 0. The van der Waals surface area contributed by atoms with Crippen molar-refractivity contribution in [2.45, 2.75) is 31.7 Å². The van der Waals surface area contributed by atoms with E-state index in [0.717, 1.165) is 17.0 Å². The summed E-state index contributed by atoms with van der Waals surface area (Å²) in [6.45, 7) is 6.06. The van der Waals surface area contributed by atoms with Gasteiger partial charge in [0, 0.05) is 5.75 Å². The molecule has 1 rings (SSSR count). The molecule has 0 aromatic carbocycles. The van der Waals surface area contributed by atoms with Gasteiger partial charge in [0.1, 0.15) is 6.29 Å². The minimum Gasteiger partial charge on any atom is -0.342 e. The molecule has 0 radical (unpaired) electrons. The van der Waals surface area contributed by atoms with Crippen LogP contribution in [-0.4, -0.2) is 32.8 Å². The Labute approximate surface area is 82.7 Å². The van der Waals surface area contributed by atoms with E-state index in [0.29, 0.717) is 0 Å². The molecular formula is C8H13NOS2. The quantitative estimate of drug-likeness (QED) is 0.477. The molecule has 1 atom stereocenters.